The fourth-order valence-electron chi connectivity index (χ4n) is 9.52. The minimum atomic E-state index is -4.41. The Labute approximate surface area is 554 Å². The molecule has 0 aliphatic heterocycles. The van der Waals surface area contributed by atoms with Crippen LogP contribution in [0.2, 0.25) is 0 Å². The van der Waals surface area contributed by atoms with E-state index in [1.165, 1.54) is 128 Å². The molecule has 0 spiro atoms. The topological polar surface area (TPSA) is 108 Å². The molecular formula is C80H135NO8P+. The number of unbranched alkanes of at least 4 members (excludes halogenated alkanes) is 25. The van der Waals surface area contributed by atoms with Gasteiger partial charge < -0.3 is 18.9 Å². The van der Waals surface area contributed by atoms with Crippen molar-refractivity contribution >= 4 is 19.8 Å². The molecule has 0 aliphatic rings. The van der Waals surface area contributed by atoms with E-state index >= 15 is 0 Å². The van der Waals surface area contributed by atoms with Gasteiger partial charge in [-0.2, -0.15) is 0 Å². The summed E-state index contributed by atoms with van der Waals surface area (Å²) >= 11 is 0. The van der Waals surface area contributed by atoms with Crippen LogP contribution in [0.25, 0.3) is 0 Å². The highest BCUT2D eigenvalue weighted by molar-refractivity contribution is 7.47. The molecule has 0 saturated heterocycles. The van der Waals surface area contributed by atoms with Crippen LogP contribution in [0.3, 0.4) is 0 Å². The molecular weight excluding hydrogens is 1130 g/mol. The van der Waals surface area contributed by atoms with E-state index in [0.29, 0.717) is 17.4 Å². The van der Waals surface area contributed by atoms with Crippen LogP contribution in [0, 0.1) is 0 Å². The summed E-state index contributed by atoms with van der Waals surface area (Å²) in [6.07, 6.45) is 103. The van der Waals surface area contributed by atoms with Crippen molar-refractivity contribution in [3.05, 3.63) is 158 Å². The van der Waals surface area contributed by atoms with E-state index in [-0.39, 0.29) is 32.0 Å². The molecule has 0 heterocycles. The minimum Gasteiger partial charge on any atom is -0.462 e. The summed E-state index contributed by atoms with van der Waals surface area (Å²) in [6, 6.07) is 0. The van der Waals surface area contributed by atoms with Crippen molar-refractivity contribution in [1.29, 1.82) is 0 Å². The van der Waals surface area contributed by atoms with Gasteiger partial charge in [0.15, 0.2) is 6.10 Å². The van der Waals surface area contributed by atoms with Crippen LogP contribution < -0.4 is 0 Å². The molecule has 0 fully saturated rings. The maximum absolute atomic E-state index is 12.9. The Hall–Kier alpha value is -4.37. The molecule has 512 valence electrons. The summed E-state index contributed by atoms with van der Waals surface area (Å²) in [6.45, 7) is 4.30. The number of phosphoric acid groups is 1. The van der Waals surface area contributed by atoms with E-state index in [4.69, 9.17) is 18.5 Å². The summed E-state index contributed by atoms with van der Waals surface area (Å²) < 4.78 is 34.7. The lowest BCUT2D eigenvalue weighted by Gasteiger charge is -2.24. The monoisotopic (exact) mass is 1270 g/mol. The van der Waals surface area contributed by atoms with Crippen LogP contribution in [-0.2, 0) is 32.7 Å². The third-order valence-electron chi connectivity index (χ3n) is 15.0. The van der Waals surface area contributed by atoms with Crippen molar-refractivity contribution in [2.75, 3.05) is 47.5 Å². The van der Waals surface area contributed by atoms with Crippen LogP contribution in [-0.4, -0.2) is 74.9 Å². The maximum Gasteiger partial charge on any atom is 0.472 e. The summed E-state index contributed by atoms with van der Waals surface area (Å²) in [5, 5.41) is 0. The number of allylic oxidation sites excluding steroid dienone is 26. The van der Waals surface area contributed by atoms with Crippen molar-refractivity contribution in [2.24, 2.45) is 0 Å². The van der Waals surface area contributed by atoms with Crippen LogP contribution in [0.4, 0.5) is 0 Å². The van der Waals surface area contributed by atoms with Gasteiger partial charge in [0, 0.05) is 12.8 Å². The zero-order chi connectivity index (χ0) is 65.5. The normalized spacial score (nSPS) is 14.1. The van der Waals surface area contributed by atoms with Gasteiger partial charge >= 0.3 is 19.8 Å². The van der Waals surface area contributed by atoms with Gasteiger partial charge in [0.1, 0.15) is 19.8 Å². The van der Waals surface area contributed by atoms with E-state index in [1.807, 2.05) is 21.1 Å². The van der Waals surface area contributed by atoms with Crippen LogP contribution in [0.5, 0.6) is 0 Å². The number of phosphoric ester groups is 1. The third kappa shape index (κ3) is 72.7. The Morgan fingerprint density at radius 1 is 0.356 bits per heavy atom. The van der Waals surface area contributed by atoms with E-state index in [9.17, 15) is 19.0 Å². The molecule has 9 nitrogen and oxygen atoms in total. The Morgan fingerprint density at radius 3 is 0.944 bits per heavy atom. The van der Waals surface area contributed by atoms with E-state index in [0.717, 1.165) is 122 Å². The highest BCUT2D eigenvalue weighted by atomic mass is 31.2. The first-order valence-corrected chi connectivity index (χ1v) is 37.7. The van der Waals surface area contributed by atoms with Gasteiger partial charge in [-0.1, -0.05) is 300 Å². The Morgan fingerprint density at radius 2 is 0.633 bits per heavy atom. The van der Waals surface area contributed by atoms with Gasteiger partial charge in [-0.05, 0) is 128 Å². The average Bonchev–Trinajstić information content (AvgIpc) is 3.58. The zero-order valence-electron chi connectivity index (χ0n) is 58.3. The first-order valence-electron chi connectivity index (χ1n) is 36.2. The van der Waals surface area contributed by atoms with Gasteiger partial charge in [0.25, 0.3) is 0 Å². The van der Waals surface area contributed by atoms with Crippen molar-refractivity contribution in [2.45, 2.75) is 290 Å². The molecule has 0 aromatic heterocycles. The average molecular weight is 1270 g/mol. The first-order chi connectivity index (χ1) is 44.0. The summed E-state index contributed by atoms with van der Waals surface area (Å²) in [7, 11) is 1.46. The van der Waals surface area contributed by atoms with Crippen molar-refractivity contribution < 1.29 is 42.1 Å². The number of carbonyl (C=O) groups excluding carboxylic acids is 2. The summed E-state index contributed by atoms with van der Waals surface area (Å²) in [4.78, 5) is 35.9. The molecule has 0 aliphatic carbocycles. The molecule has 0 radical (unpaired) electrons. The smallest absolute Gasteiger partial charge is 0.462 e. The summed E-state index contributed by atoms with van der Waals surface area (Å²) in [5.74, 6) is -0.813. The van der Waals surface area contributed by atoms with Crippen LogP contribution in [0.15, 0.2) is 158 Å². The second-order valence-electron chi connectivity index (χ2n) is 24.9. The number of esters is 2. The lowest BCUT2D eigenvalue weighted by atomic mass is 10.0. The van der Waals surface area contributed by atoms with E-state index in [1.54, 1.807) is 0 Å². The molecule has 2 unspecified atom stereocenters. The number of rotatable bonds is 65. The predicted molar refractivity (Wildman–Crippen MR) is 390 cm³/mol. The van der Waals surface area contributed by atoms with Crippen molar-refractivity contribution in [3.8, 4) is 0 Å². The van der Waals surface area contributed by atoms with Gasteiger partial charge in [-0.3, -0.25) is 18.6 Å². The molecule has 10 heteroatoms. The molecule has 0 amide bonds. The van der Waals surface area contributed by atoms with Gasteiger partial charge in [0.2, 0.25) is 0 Å². The quantitative estimate of drug-likeness (QED) is 0.0211. The minimum absolute atomic E-state index is 0.0222. The maximum atomic E-state index is 12.9. The second-order valence-corrected chi connectivity index (χ2v) is 26.3. The van der Waals surface area contributed by atoms with Gasteiger partial charge in [-0.25, -0.2) is 4.57 Å². The predicted octanol–water partition coefficient (Wildman–Crippen LogP) is 23.9. The second kappa shape index (κ2) is 69.0. The van der Waals surface area contributed by atoms with E-state index in [2.05, 4.69) is 172 Å². The number of hydrogen-bond acceptors (Lipinski definition) is 7. The van der Waals surface area contributed by atoms with Gasteiger partial charge in [-0.15, -0.1) is 0 Å². The largest absolute Gasteiger partial charge is 0.472 e. The Balaban J connectivity index is 4.12. The number of quaternary nitrogens is 1. The standard InChI is InChI=1S/C80H134NO8P/c1-6-8-10-12-14-16-18-20-22-24-26-28-30-32-34-35-36-37-38-39-40-41-42-43-44-45-47-49-51-53-55-57-59-61-63-65-67-69-71-73-80(83)89-78(77-88-90(84,85)87-75-74-81(3,4)5)76-86-79(82)72-70-68-66-64-62-60-58-56-54-52-50-48-46-33-31-29-27-25-23-21-19-17-15-13-11-9-7-2/h8,10,14,16,19-22,25-28,31-34,36-37,39-40,42-43,45,47,51,53,78H,6-7,9,11-13,15,17-18,23-24,29-30,35,38,41,44,46,48-50,52,54-77H2,1-5H3/p+1/b10-8-,16-14-,21-19-,22-20-,27-25-,28-26-,33-31-,34-32-,37-36-,40-39-,43-42-,47-45-,53-51-. The van der Waals surface area contributed by atoms with E-state index < -0.39 is 26.5 Å². The Kier molecular flexibility index (Phi) is 65.6. The number of nitrogens with zero attached hydrogens (tertiary/aromatic N) is 1. The molecule has 0 bridgehead atoms. The number of ether oxygens (including phenoxy) is 2. The summed E-state index contributed by atoms with van der Waals surface area (Å²) in [5.41, 5.74) is 0. The van der Waals surface area contributed by atoms with Crippen LogP contribution >= 0.6 is 7.82 Å². The SMILES string of the molecule is CC/C=C\C/C=C\C/C=C\C/C=C\C/C=C\C/C=C\C/C=C\C/C=C\C/C=C\C/C=C\CCCCCCCCCCC(=O)OC(COC(=O)CCCCCCCCCCCCCC/C=C\C/C=C\C/C=C\CCCCCCC)COP(=O)(O)OCC[N+](C)(C)C. The Bertz CT molecular complexity index is 2080. The fraction of sp³-hybridized carbons (Fsp3) is 0.650. The zero-order valence-corrected chi connectivity index (χ0v) is 59.2. The highest BCUT2D eigenvalue weighted by Gasteiger charge is 2.27. The van der Waals surface area contributed by atoms with Crippen LogP contribution in [0.1, 0.15) is 284 Å². The fourth-order valence-corrected chi connectivity index (χ4v) is 10.3. The molecule has 0 aromatic rings. The molecule has 0 saturated carbocycles. The van der Waals surface area contributed by atoms with Gasteiger partial charge in [0.05, 0.1) is 27.7 Å². The molecule has 90 heavy (non-hydrogen) atoms. The molecule has 1 N–H and O–H groups in total. The molecule has 0 aromatic carbocycles. The lowest BCUT2D eigenvalue weighted by Crippen LogP contribution is -2.37. The number of likely N-dealkylation sites (N-methyl/N-ethyl adjacent to an activating group) is 1. The lowest BCUT2D eigenvalue weighted by molar-refractivity contribution is -0.870. The molecule has 2 atom stereocenters. The third-order valence-corrected chi connectivity index (χ3v) is 16.0. The van der Waals surface area contributed by atoms with Crippen molar-refractivity contribution in [3.63, 3.8) is 0 Å². The number of hydrogen-bond donors (Lipinski definition) is 1. The van der Waals surface area contributed by atoms with Crippen molar-refractivity contribution in [1.82, 2.24) is 0 Å². The number of carbonyl (C=O) groups is 2. The first kappa shape index (κ1) is 85.6. The molecule has 0 rings (SSSR count). The highest BCUT2D eigenvalue weighted by Crippen LogP contribution is 2.43.